The largest absolute Gasteiger partial charge is 0.387 e. The fourth-order valence-corrected chi connectivity index (χ4v) is 8.12. The van der Waals surface area contributed by atoms with Crippen LogP contribution in [0.2, 0.25) is 10.0 Å². The number of fused-ring (bicyclic) bond motifs is 1. The number of hydrogen-bond acceptors (Lipinski definition) is 3. The van der Waals surface area contributed by atoms with Crippen molar-refractivity contribution in [3.63, 3.8) is 0 Å². The van der Waals surface area contributed by atoms with Gasteiger partial charge in [0.25, 0.3) is 0 Å². The lowest BCUT2D eigenvalue weighted by Crippen LogP contribution is -2.49. The Morgan fingerprint density at radius 1 is 1.00 bits per heavy atom. The monoisotopic (exact) mass is 480 g/mol. The van der Waals surface area contributed by atoms with Crippen molar-refractivity contribution in [3.05, 3.63) is 39.5 Å². The van der Waals surface area contributed by atoms with Gasteiger partial charge in [0.2, 0.25) is 0 Å². The molecule has 2 atom stereocenters. The van der Waals surface area contributed by atoms with Gasteiger partial charge in [-0.15, -0.1) is 12.4 Å². The predicted molar refractivity (Wildman–Crippen MR) is 129 cm³/mol. The van der Waals surface area contributed by atoms with E-state index in [2.05, 4.69) is 11.4 Å². The van der Waals surface area contributed by atoms with E-state index in [1.807, 2.05) is 6.07 Å². The van der Waals surface area contributed by atoms with Crippen molar-refractivity contribution in [2.75, 3.05) is 6.54 Å². The molecular weight excluding hydrogens is 451 g/mol. The predicted octanol–water partition coefficient (Wildman–Crippen LogP) is 6.61. The van der Waals surface area contributed by atoms with E-state index in [0.717, 1.165) is 53.6 Å². The molecule has 1 aliphatic heterocycles. The van der Waals surface area contributed by atoms with Crippen LogP contribution in [-0.4, -0.2) is 22.7 Å². The fraction of sp³-hybridized carbons (Fsp3) is 0.640. The second-order valence-corrected chi connectivity index (χ2v) is 11.4. The number of aliphatic hydroxyl groups excluding tert-OH is 1. The standard InChI is InChI=1S/C25H30Cl2N2O.ClH/c26-17-8-18-19(24(30)21-3-1-2-4-28-21)10-22(29-23(18)20(27)9-17)25-11-14-5-15(12-25)7-16(6-14)13-25;/h8-10,14-16,21,24,28,30H,1-7,11-13H2;1H. The minimum atomic E-state index is -0.571. The van der Waals surface area contributed by atoms with E-state index in [9.17, 15) is 5.11 Å². The molecule has 31 heavy (non-hydrogen) atoms. The van der Waals surface area contributed by atoms with Crippen molar-refractivity contribution in [1.29, 1.82) is 0 Å². The number of pyridine rings is 1. The quantitative estimate of drug-likeness (QED) is 0.518. The van der Waals surface area contributed by atoms with E-state index >= 15 is 0 Å². The number of nitrogens with zero attached hydrogens (tertiary/aromatic N) is 1. The molecule has 3 nitrogen and oxygen atoms in total. The molecule has 0 amide bonds. The van der Waals surface area contributed by atoms with Gasteiger partial charge in [0.15, 0.2) is 0 Å². The van der Waals surface area contributed by atoms with Gasteiger partial charge in [0.1, 0.15) is 0 Å². The minimum Gasteiger partial charge on any atom is -0.387 e. The van der Waals surface area contributed by atoms with Gasteiger partial charge in [0.05, 0.1) is 16.6 Å². The lowest BCUT2D eigenvalue weighted by molar-refractivity contribution is -0.00720. The highest BCUT2D eigenvalue weighted by Crippen LogP contribution is 2.60. The summed E-state index contributed by atoms with van der Waals surface area (Å²) < 4.78 is 0. The number of piperidine rings is 1. The maximum atomic E-state index is 11.5. The average Bonchev–Trinajstić information content (AvgIpc) is 2.72. The van der Waals surface area contributed by atoms with Gasteiger partial charge in [-0.1, -0.05) is 29.6 Å². The van der Waals surface area contributed by atoms with E-state index in [0.29, 0.717) is 10.0 Å². The highest BCUT2D eigenvalue weighted by molar-refractivity contribution is 6.38. The summed E-state index contributed by atoms with van der Waals surface area (Å²) in [5.74, 6) is 2.55. The number of aromatic nitrogens is 1. The lowest BCUT2D eigenvalue weighted by Gasteiger charge is -2.56. The van der Waals surface area contributed by atoms with Gasteiger partial charge < -0.3 is 10.4 Å². The van der Waals surface area contributed by atoms with Crippen molar-refractivity contribution in [2.24, 2.45) is 17.8 Å². The van der Waals surface area contributed by atoms with E-state index in [1.54, 1.807) is 6.07 Å². The molecule has 1 aromatic carbocycles. The van der Waals surface area contributed by atoms with Crippen LogP contribution in [0.1, 0.15) is 75.1 Å². The SMILES string of the molecule is Cl.OC(c1cc(C23CC4CC(CC(C4)C2)C3)nc2c(Cl)cc(Cl)cc12)C1CCCCN1. The van der Waals surface area contributed by atoms with Crippen molar-refractivity contribution in [2.45, 2.75) is 75.3 Å². The van der Waals surface area contributed by atoms with E-state index in [1.165, 1.54) is 50.6 Å². The molecule has 1 aromatic heterocycles. The van der Waals surface area contributed by atoms with Gasteiger partial charge >= 0.3 is 0 Å². The normalized spacial score (nSPS) is 35.2. The zero-order valence-corrected chi connectivity index (χ0v) is 20.1. The highest BCUT2D eigenvalue weighted by atomic mass is 35.5. The van der Waals surface area contributed by atoms with Gasteiger partial charge in [-0.2, -0.15) is 0 Å². The smallest absolute Gasteiger partial charge is 0.0950 e. The second kappa shape index (κ2) is 8.33. The summed E-state index contributed by atoms with van der Waals surface area (Å²) in [6, 6.07) is 6.02. The first-order valence-corrected chi connectivity index (χ1v) is 12.5. The summed E-state index contributed by atoms with van der Waals surface area (Å²) in [7, 11) is 0. The Kier molecular flexibility index (Phi) is 5.97. The van der Waals surface area contributed by atoms with Crippen molar-refractivity contribution in [3.8, 4) is 0 Å². The van der Waals surface area contributed by atoms with Crippen molar-refractivity contribution in [1.82, 2.24) is 10.3 Å². The van der Waals surface area contributed by atoms with Gasteiger partial charge in [-0.05, 0) is 99.4 Å². The minimum absolute atomic E-state index is 0. The zero-order chi connectivity index (χ0) is 20.5. The summed E-state index contributed by atoms with van der Waals surface area (Å²) in [5.41, 5.74) is 3.09. The van der Waals surface area contributed by atoms with E-state index < -0.39 is 6.10 Å². The Labute approximate surface area is 200 Å². The lowest BCUT2D eigenvalue weighted by atomic mass is 9.48. The molecule has 2 N–H and O–H groups in total. The number of aliphatic hydroxyl groups is 1. The Morgan fingerprint density at radius 2 is 1.68 bits per heavy atom. The maximum Gasteiger partial charge on any atom is 0.0950 e. The topological polar surface area (TPSA) is 45.2 Å². The number of rotatable bonds is 3. The van der Waals surface area contributed by atoms with E-state index in [-0.39, 0.29) is 23.9 Å². The highest BCUT2D eigenvalue weighted by Gasteiger charge is 2.52. The third-order valence-corrected chi connectivity index (χ3v) is 9.00. The summed E-state index contributed by atoms with van der Waals surface area (Å²) in [6.45, 7) is 0.966. The van der Waals surface area contributed by atoms with Crippen LogP contribution >= 0.6 is 35.6 Å². The fourth-order valence-electron chi connectivity index (χ4n) is 7.58. The third-order valence-electron chi connectivity index (χ3n) is 8.49. The molecular formula is C25H31Cl3N2O. The first kappa shape index (κ1) is 22.2. The second-order valence-electron chi connectivity index (χ2n) is 10.6. The Morgan fingerprint density at radius 3 is 2.29 bits per heavy atom. The first-order chi connectivity index (χ1) is 14.5. The van der Waals surface area contributed by atoms with Crippen molar-refractivity contribution >= 4 is 46.5 Å². The molecule has 5 fully saturated rings. The summed E-state index contributed by atoms with van der Waals surface area (Å²) in [6.07, 6.45) is 10.7. The molecule has 4 bridgehead atoms. The number of hydrogen-bond donors (Lipinski definition) is 2. The molecule has 4 aliphatic carbocycles. The molecule has 168 valence electrons. The third kappa shape index (κ3) is 3.79. The molecule has 2 heterocycles. The number of halogens is 3. The van der Waals surface area contributed by atoms with Crippen LogP contribution in [0.25, 0.3) is 10.9 Å². The Bertz CT molecular complexity index is 953. The molecule has 1 saturated heterocycles. The number of nitrogens with one attached hydrogen (secondary N) is 1. The van der Waals surface area contributed by atoms with Crippen LogP contribution in [0.5, 0.6) is 0 Å². The van der Waals surface area contributed by atoms with Crippen molar-refractivity contribution < 1.29 is 5.11 Å². The number of benzene rings is 1. The van der Waals surface area contributed by atoms with Gasteiger partial charge in [0, 0.05) is 27.6 Å². The first-order valence-electron chi connectivity index (χ1n) is 11.7. The van der Waals surface area contributed by atoms with Crippen LogP contribution in [0.15, 0.2) is 18.2 Å². The van der Waals surface area contributed by atoms with Gasteiger partial charge in [-0.3, -0.25) is 4.98 Å². The summed E-state index contributed by atoms with van der Waals surface area (Å²) >= 11 is 13.0. The zero-order valence-electron chi connectivity index (χ0n) is 17.7. The van der Waals surface area contributed by atoms with Gasteiger partial charge in [-0.25, -0.2) is 0 Å². The van der Waals surface area contributed by atoms with Crippen LogP contribution < -0.4 is 5.32 Å². The molecule has 7 rings (SSSR count). The Hall–Kier alpha value is -0.580. The molecule has 4 saturated carbocycles. The van der Waals surface area contributed by atoms with Crippen LogP contribution in [0.3, 0.4) is 0 Å². The van der Waals surface area contributed by atoms with Crippen LogP contribution in [-0.2, 0) is 5.41 Å². The van der Waals surface area contributed by atoms with E-state index in [4.69, 9.17) is 28.2 Å². The molecule has 2 aromatic rings. The molecule has 5 aliphatic rings. The van der Waals surface area contributed by atoms with Crippen LogP contribution in [0.4, 0.5) is 0 Å². The maximum absolute atomic E-state index is 11.5. The summed E-state index contributed by atoms with van der Waals surface area (Å²) in [4.78, 5) is 5.17. The summed E-state index contributed by atoms with van der Waals surface area (Å²) in [5, 5.41) is 17.1. The van der Waals surface area contributed by atoms with Crippen LogP contribution in [0, 0.1) is 17.8 Å². The molecule has 2 unspecified atom stereocenters. The average molecular weight is 482 g/mol. The Balaban J connectivity index is 0.00000204. The molecule has 0 radical (unpaired) electrons. The molecule has 0 spiro atoms. The molecule has 6 heteroatoms.